The van der Waals surface area contributed by atoms with Crippen molar-refractivity contribution in [1.82, 2.24) is 20.3 Å². The Morgan fingerprint density at radius 3 is 3.23 bits per heavy atom. The molecule has 2 unspecified atom stereocenters. The van der Waals surface area contributed by atoms with Gasteiger partial charge in [0.05, 0.1) is 25.5 Å². The van der Waals surface area contributed by atoms with Crippen LogP contribution in [0.15, 0.2) is 30.6 Å². The molecule has 0 saturated heterocycles. The third-order valence-electron chi connectivity index (χ3n) is 3.91. The number of aromatic nitrogens is 3. The number of ether oxygens (including phenoxy) is 1. The van der Waals surface area contributed by atoms with Crippen LogP contribution in [-0.4, -0.2) is 39.4 Å². The summed E-state index contributed by atoms with van der Waals surface area (Å²) in [4.78, 5) is 0. The maximum Gasteiger partial charge on any atom is 0.124 e. The smallest absolute Gasteiger partial charge is 0.124 e. The van der Waals surface area contributed by atoms with Gasteiger partial charge in [0, 0.05) is 24.3 Å². The Hall–Kier alpha value is -1.92. The lowest BCUT2D eigenvalue weighted by Crippen LogP contribution is -2.33. The zero-order valence-electron chi connectivity index (χ0n) is 12.8. The highest BCUT2D eigenvalue weighted by Gasteiger charge is 2.20. The first-order valence-electron chi connectivity index (χ1n) is 7.71. The van der Waals surface area contributed by atoms with Crippen LogP contribution >= 0.6 is 0 Å². The van der Waals surface area contributed by atoms with Crippen molar-refractivity contribution in [3.8, 4) is 5.75 Å². The predicted octanol–water partition coefficient (Wildman–Crippen LogP) is 1.45. The Balaban J connectivity index is 1.62. The van der Waals surface area contributed by atoms with Gasteiger partial charge in [0.15, 0.2) is 0 Å². The number of aliphatic hydroxyl groups is 1. The Bertz CT molecular complexity index is 600. The molecule has 2 N–H and O–H groups in total. The summed E-state index contributed by atoms with van der Waals surface area (Å²) < 4.78 is 7.47. The van der Waals surface area contributed by atoms with Gasteiger partial charge in [-0.2, -0.15) is 0 Å². The zero-order valence-corrected chi connectivity index (χ0v) is 12.8. The van der Waals surface area contributed by atoms with Crippen molar-refractivity contribution in [1.29, 1.82) is 0 Å². The summed E-state index contributed by atoms with van der Waals surface area (Å²) >= 11 is 0. The summed E-state index contributed by atoms with van der Waals surface area (Å²) in [5.41, 5.74) is 2.38. The molecule has 6 heteroatoms. The molecule has 22 heavy (non-hydrogen) atoms. The quantitative estimate of drug-likeness (QED) is 0.874. The van der Waals surface area contributed by atoms with E-state index in [1.807, 2.05) is 0 Å². The highest BCUT2D eigenvalue weighted by atomic mass is 16.5. The maximum absolute atomic E-state index is 10.1. The molecule has 0 aliphatic carbocycles. The van der Waals surface area contributed by atoms with E-state index in [0.717, 1.165) is 25.2 Å². The molecule has 0 bridgehead atoms. The highest BCUT2D eigenvalue weighted by Crippen LogP contribution is 2.32. The van der Waals surface area contributed by atoms with Gasteiger partial charge in [0.25, 0.3) is 0 Å². The summed E-state index contributed by atoms with van der Waals surface area (Å²) in [6.07, 6.45) is 4.87. The molecule has 1 aromatic carbocycles. The zero-order chi connectivity index (χ0) is 15.4. The number of hydrogen-bond donors (Lipinski definition) is 2. The Morgan fingerprint density at radius 1 is 1.50 bits per heavy atom. The van der Waals surface area contributed by atoms with Crippen LogP contribution in [0.5, 0.6) is 5.75 Å². The van der Waals surface area contributed by atoms with Gasteiger partial charge in [-0.15, -0.1) is 5.10 Å². The van der Waals surface area contributed by atoms with Crippen molar-refractivity contribution in [2.75, 3.05) is 13.2 Å². The van der Waals surface area contributed by atoms with E-state index >= 15 is 0 Å². The van der Waals surface area contributed by atoms with Crippen molar-refractivity contribution in [3.05, 3.63) is 41.7 Å². The SMILES string of the molecule is Cc1ccc2c(c1)OCCCC2NCC(O)Cn1ccnn1. The van der Waals surface area contributed by atoms with Crippen LogP contribution in [-0.2, 0) is 6.54 Å². The number of rotatable bonds is 5. The molecule has 1 aliphatic rings. The fourth-order valence-electron chi connectivity index (χ4n) is 2.78. The van der Waals surface area contributed by atoms with Crippen LogP contribution in [0, 0.1) is 6.92 Å². The van der Waals surface area contributed by atoms with Crippen LogP contribution < -0.4 is 10.1 Å². The topological polar surface area (TPSA) is 72.2 Å². The monoisotopic (exact) mass is 302 g/mol. The second kappa shape index (κ2) is 6.89. The minimum atomic E-state index is -0.500. The lowest BCUT2D eigenvalue weighted by atomic mass is 10.0. The molecule has 1 aliphatic heterocycles. The van der Waals surface area contributed by atoms with E-state index in [9.17, 15) is 5.11 Å². The molecule has 118 valence electrons. The molecule has 0 radical (unpaired) electrons. The number of aryl methyl sites for hydroxylation is 1. The van der Waals surface area contributed by atoms with Crippen LogP contribution in [0.25, 0.3) is 0 Å². The lowest BCUT2D eigenvalue weighted by molar-refractivity contribution is 0.141. The van der Waals surface area contributed by atoms with Crippen LogP contribution in [0.4, 0.5) is 0 Å². The summed E-state index contributed by atoms with van der Waals surface area (Å²) in [5, 5.41) is 21.2. The van der Waals surface area contributed by atoms with Gasteiger partial charge in [-0.1, -0.05) is 17.3 Å². The predicted molar refractivity (Wildman–Crippen MR) is 82.7 cm³/mol. The van der Waals surface area contributed by atoms with E-state index in [0.29, 0.717) is 13.1 Å². The second-order valence-electron chi connectivity index (χ2n) is 5.77. The third-order valence-corrected chi connectivity index (χ3v) is 3.91. The Labute approximate surface area is 130 Å². The largest absolute Gasteiger partial charge is 0.493 e. The number of nitrogens with one attached hydrogen (secondary N) is 1. The Kier molecular flexibility index (Phi) is 4.70. The summed E-state index contributed by atoms with van der Waals surface area (Å²) in [7, 11) is 0. The van der Waals surface area contributed by atoms with E-state index in [-0.39, 0.29) is 6.04 Å². The summed E-state index contributed by atoms with van der Waals surface area (Å²) in [6.45, 7) is 3.77. The third kappa shape index (κ3) is 3.64. The fraction of sp³-hybridized carbons (Fsp3) is 0.500. The molecular formula is C16H22N4O2. The standard InChI is InChI=1S/C16H22N4O2/c1-12-4-5-14-15(3-2-8-22-16(14)9-12)17-10-13(21)11-20-7-6-18-19-20/h4-7,9,13,15,17,21H,2-3,8,10-11H2,1H3. The van der Waals surface area contributed by atoms with Crippen molar-refractivity contribution in [2.24, 2.45) is 0 Å². The molecule has 0 fully saturated rings. The van der Waals surface area contributed by atoms with Crippen molar-refractivity contribution >= 4 is 0 Å². The molecule has 2 heterocycles. The molecule has 0 amide bonds. The van der Waals surface area contributed by atoms with Gasteiger partial charge >= 0.3 is 0 Å². The van der Waals surface area contributed by atoms with Crippen LogP contribution in [0.1, 0.15) is 30.0 Å². The molecule has 1 aromatic heterocycles. The number of nitrogens with zero attached hydrogens (tertiary/aromatic N) is 3. The number of hydrogen-bond acceptors (Lipinski definition) is 5. The van der Waals surface area contributed by atoms with E-state index in [1.54, 1.807) is 17.1 Å². The molecule has 2 atom stereocenters. The van der Waals surface area contributed by atoms with E-state index in [2.05, 4.69) is 40.8 Å². The summed E-state index contributed by atoms with van der Waals surface area (Å²) in [6, 6.07) is 6.52. The summed E-state index contributed by atoms with van der Waals surface area (Å²) in [5.74, 6) is 0.959. The van der Waals surface area contributed by atoms with Gasteiger partial charge in [-0.05, 0) is 31.4 Å². The van der Waals surface area contributed by atoms with Gasteiger partial charge in [0.2, 0.25) is 0 Å². The molecular weight excluding hydrogens is 280 g/mol. The highest BCUT2D eigenvalue weighted by molar-refractivity contribution is 5.39. The van der Waals surface area contributed by atoms with Gasteiger partial charge in [0.1, 0.15) is 5.75 Å². The molecule has 6 nitrogen and oxygen atoms in total. The lowest BCUT2D eigenvalue weighted by Gasteiger charge is -2.20. The van der Waals surface area contributed by atoms with Crippen LogP contribution in [0.3, 0.4) is 0 Å². The molecule has 0 spiro atoms. The van der Waals surface area contributed by atoms with Gasteiger partial charge in [-0.25, -0.2) is 4.68 Å². The van der Waals surface area contributed by atoms with E-state index in [1.165, 1.54) is 11.1 Å². The van der Waals surface area contributed by atoms with Crippen molar-refractivity contribution in [3.63, 3.8) is 0 Å². The van der Waals surface area contributed by atoms with Crippen LogP contribution in [0.2, 0.25) is 0 Å². The Morgan fingerprint density at radius 2 is 2.41 bits per heavy atom. The van der Waals surface area contributed by atoms with Crippen molar-refractivity contribution < 1.29 is 9.84 Å². The minimum absolute atomic E-state index is 0.212. The molecule has 3 rings (SSSR count). The first-order chi connectivity index (χ1) is 10.7. The first kappa shape index (κ1) is 15.0. The second-order valence-corrected chi connectivity index (χ2v) is 5.77. The van der Waals surface area contributed by atoms with E-state index < -0.39 is 6.10 Å². The number of aliphatic hydroxyl groups excluding tert-OH is 1. The molecule has 2 aromatic rings. The average Bonchev–Trinajstić information content (AvgIpc) is 2.92. The van der Waals surface area contributed by atoms with Gasteiger partial charge in [-0.3, -0.25) is 0 Å². The molecule has 0 saturated carbocycles. The maximum atomic E-state index is 10.1. The van der Waals surface area contributed by atoms with Crippen molar-refractivity contribution in [2.45, 2.75) is 38.5 Å². The van der Waals surface area contributed by atoms with E-state index in [4.69, 9.17) is 4.74 Å². The fourth-order valence-corrected chi connectivity index (χ4v) is 2.78. The minimum Gasteiger partial charge on any atom is -0.493 e. The number of benzene rings is 1. The first-order valence-corrected chi connectivity index (χ1v) is 7.71. The number of fused-ring (bicyclic) bond motifs is 1. The van der Waals surface area contributed by atoms with Gasteiger partial charge < -0.3 is 15.2 Å². The average molecular weight is 302 g/mol. The normalized spacial score (nSPS) is 19.1.